The summed E-state index contributed by atoms with van der Waals surface area (Å²) < 4.78 is 13.3. The number of benzene rings is 1. The topological polar surface area (TPSA) is 60.7 Å². The summed E-state index contributed by atoms with van der Waals surface area (Å²) in [5.41, 5.74) is 1.47. The van der Waals surface area contributed by atoms with E-state index in [1.54, 1.807) is 25.2 Å². The van der Waals surface area contributed by atoms with Gasteiger partial charge in [0.2, 0.25) is 5.75 Å². The summed E-state index contributed by atoms with van der Waals surface area (Å²) in [6, 6.07) is 4.93. The summed E-state index contributed by atoms with van der Waals surface area (Å²) >= 11 is 0. The van der Waals surface area contributed by atoms with Gasteiger partial charge in [0.05, 0.1) is 12.1 Å². The Balaban J connectivity index is 2.43. The highest BCUT2D eigenvalue weighted by Gasteiger charge is 2.18. The number of aromatic hydroxyl groups is 1. The maximum atomic E-state index is 12.8. The summed E-state index contributed by atoms with van der Waals surface area (Å²) in [5.74, 6) is 0.792. The number of aromatic nitrogens is 1. The van der Waals surface area contributed by atoms with Gasteiger partial charge in [-0.15, -0.1) is 0 Å². The molecule has 0 radical (unpaired) electrons. The molecule has 0 unspecified atom stereocenters. The number of aryl methyl sites for hydroxylation is 1. The molecule has 0 bridgehead atoms. The molecule has 5 nitrogen and oxygen atoms in total. The van der Waals surface area contributed by atoms with Crippen molar-refractivity contribution in [2.24, 2.45) is 7.05 Å². The lowest BCUT2D eigenvalue weighted by atomic mass is 10.1. The van der Waals surface area contributed by atoms with E-state index in [0.717, 1.165) is 30.2 Å². The van der Waals surface area contributed by atoms with Crippen LogP contribution in [0.2, 0.25) is 0 Å². The van der Waals surface area contributed by atoms with Gasteiger partial charge in [-0.3, -0.25) is 4.79 Å². The van der Waals surface area contributed by atoms with Gasteiger partial charge >= 0.3 is 0 Å². The quantitative estimate of drug-likeness (QED) is 0.527. The highest BCUT2D eigenvalue weighted by molar-refractivity contribution is 5.88. The molecule has 0 fully saturated rings. The first-order valence-corrected chi connectivity index (χ1v) is 9.20. The van der Waals surface area contributed by atoms with E-state index in [0.29, 0.717) is 24.5 Å². The first kappa shape index (κ1) is 19.9. The Bertz CT molecular complexity index is 832. The predicted octanol–water partition coefficient (Wildman–Crippen LogP) is 4.55. The number of unbranched alkanes of at least 4 members (excludes halogenated alkanes) is 3. The average Bonchev–Trinajstić information content (AvgIpc) is 2.60. The molecule has 1 heterocycles. The molecule has 26 heavy (non-hydrogen) atoms. The number of allylic oxidation sites excluding steroid dienone is 1. The third kappa shape index (κ3) is 4.81. The third-order valence-electron chi connectivity index (χ3n) is 4.26. The number of nitrogens with zero attached hydrogens (tertiary/aromatic N) is 1. The van der Waals surface area contributed by atoms with Crippen molar-refractivity contribution < 1.29 is 14.6 Å². The summed E-state index contributed by atoms with van der Waals surface area (Å²) in [5, 5.41) is 10.5. The molecule has 5 heteroatoms. The van der Waals surface area contributed by atoms with Crippen molar-refractivity contribution in [1.29, 1.82) is 0 Å². The molecule has 0 atom stereocenters. The van der Waals surface area contributed by atoms with Crippen LogP contribution in [-0.4, -0.2) is 22.9 Å². The fourth-order valence-electron chi connectivity index (χ4n) is 2.74. The largest absolute Gasteiger partial charge is 0.508 e. The van der Waals surface area contributed by atoms with Crippen LogP contribution in [0.15, 0.2) is 34.6 Å². The van der Waals surface area contributed by atoms with Crippen LogP contribution in [-0.2, 0) is 7.05 Å². The zero-order valence-corrected chi connectivity index (χ0v) is 16.2. The lowest BCUT2D eigenvalue weighted by Crippen LogP contribution is -2.21. The minimum Gasteiger partial charge on any atom is -0.508 e. The number of hydrogen-bond donors (Lipinski definition) is 1. The highest BCUT2D eigenvalue weighted by Crippen LogP contribution is 2.34. The molecular formula is C21H29NO4. The van der Waals surface area contributed by atoms with Gasteiger partial charge in [0, 0.05) is 18.5 Å². The normalized spacial score (nSPS) is 10.8. The fourth-order valence-corrected chi connectivity index (χ4v) is 2.74. The summed E-state index contributed by atoms with van der Waals surface area (Å²) in [7, 11) is 1.67. The molecule has 1 aromatic heterocycles. The Kier molecular flexibility index (Phi) is 7.13. The number of fused-ring (bicyclic) bond motifs is 1. The Labute approximate surface area is 154 Å². The number of hydrogen-bond acceptors (Lipinski definition) is 4. The second-order valence-corrected chi connectivity index (χ2v) is 6.73. The molecule has 2 rings (SSSR count). The van der Waals surface area contributed by atoms with E-state index in [1.807, 2.05) is 19.9 Å². The molecule has 0 aliphatic carbocycles. The van der Waals surface area contributed by atoms with Gasteiger partial charge < -0.3 is 19.1 Å². The van der Waals surface area contributed by atoms with E-state index in [1.165, 1.54) is 11.0 Å². The first-order chi connectivity index (χ1) is 12.5. The predicted molar refractivity (Wildman–Crippen MR) is 105 cm³/mol. The van der Waals surface area contributed by atoms with E-state index in [9.17, 15) is 9.90 Å². The van der Waals surface area contributed by atoms with Crippen molar-refractivity contribution in [1.82, 2.24) is 4.57 Å². The molecule has 0 saturated carbocycles. The van der Waals surface area contributed by atoms with Crippen molar-refractivity contribution >= 4 is 10.9 Å². The molecule has 142 valence electrons. The molecule has 0 amide bonds. The Morgan fingerprint density at radius 2 is 1.92 bits per heavy atom. The van der Waals surface area contributed by atoms with E-state index >= 15 is 0 Å². The smallest absolute Gasteiger partial charge is 0.297 e. The summed E-state index contributed by atoms with van der Waals surface area (Å²) in [6.07, 6.45) is 6.26. The molecular weight excluding hydrogens is 330 g/mol. The van der Waals surface area contributed by atoms with Crippen molar-refractivity contribution in [3.8, 4) is 17.2 Å². The second kappa shape index (κ2) is 9.32. The van der Waals surface area contributed by atoms with Gasteiger partial charge in [-0.25, -0.2) is 0 Å². The van der Waals surface area contributed by atoms with Gasteiger partial charge in [-0.2, -0.15) is 0 Å². The van der Waals surface area contributed by atoms with Gasteiger partial charge in [0.15, 0.2) is 5.75 Å². The lowest BCUT2D eigenvalue weighted by Gasteiger charge is -2.16. The van der Waals surface area contributed by atoms with E-state index < -0.39 is 0 Å². The SMILES string of the molecule is CCCCCCOc1c(OCC=C(C)C)c(=O)n(C)c2cc(O)ccc12. The van der Waals surface area contributed by atoms with Crippen LogP contribution in [0.3, 0.4) is 0 Å². The number of phenols is 1. The zero-order chi connectivity index (χ0) is 19.1. The van der Waals surface area contributed by atoms with E-state index in [2.05, 4.69) is 6.92 Å². The molecule has 1 aromatic carbocycles. The van der Waals surface area contributed by atoms with E-state index in [-0.39, 0.29) is 17.1 Å². The minimum atomic E-state index is -0.270. The van der Waals surface area contributed by atoms with Crippen LogP contribution in [0.25, 0.3) is 10.9 Å². The Hall–Kier alpha value is -2.43. The van der Waals surface area contributed by atoms with Crippen LogP contribution in [0.5, 0.6) is 17.2 Å². The lowest BCUT2D eigenvalue weighted by molar-refractivity contribution is 0.276. The van der Waals surface area contributed by atoms with E-state index in [4.69, 9.17) is 9.47 Å². The fraction of sp³-hybridized carbons (Fsp3) is 0.476. The molecule has 2 aromatic rings. The average molecular weight is 359 g/mol. The number of phenolic OH excluding ortho intramolecular Hbond substituents is 1. The summed E-state index contributed by atoms with van der Waals surface area (Å²) in [6.45, 7) is 6.97. The second-order valence-electron chi connectivity index (χ2n) is 6.73. The van der Waals surface area contributed by atoms with Gasteiger partial charge in [-0.1, -0.05) is 31.8 Å². The first-order valence-electron chi connectivity index (χ1n) is 9.20. The molecule has 1 N–H and O–H groups in total. The number of rotatable bonds is 9. The van der Waals surface area contributed by atoms with Crippen molar-refractivity contribution in [3.05, 3.63) is 40.2 Å². The van der Waals surface area contributed by atoms with Crippen molar-refractivity contribution in [3.63, 3.8) is 0 Å². The molecule has 0 aliphatic rings. The van der Waals surface area contributed by atoms with Crippen LogP contribution >= 0.6 is 0 Å². The Morgan fingerprint density at radius 1 is 1.15 bits per heavy atom. The van der Waals surface area contributed by atoms with Crippen LogP contribution in [0.1, 0.15) is 46.5 Å². The van der Waals surface area contributed by atoms with Gasteiger partial charge in [-0.05, 0) is 38.5 Å². The maximum absolute atomic E-state index is 12.8. The summed E-state index contributed by atoms with van der Waals surface area (Å²) in [4.78, 5) is 12.8. The standard InChI is InChI=1S/C21H29NO4/c1-5-6-7-8-12-25-19-17-10-9-16(23)14-18(17)22(4)21(24)20(19)26-13-11-15(2)3/h9-11,14,23H,5-8,12-13H2,1-4H3. The van der Waals surface area contributed by atoms with Crippen LogP contribution in [0, 0.1) is 0 Å². The van der Waals surface area contributed by atoms with Crippen LogP contribution in [0.4, 0.5) is 0 Å². The highest BCUT2D eigenvalue weighted by atomic mass is 16.5. The molecule has 0 aliphatic heterocycles. The number of ether oxygens (including phenoxy) is 2. The van der Waals surface area contributed by atoms with Crippen LogP contribution < -0.4 is 15.0 Å². The third-order valence-corrected chi connectivity index (χ3v) is 4.26. The molecule has 0 spiro atoms. The van der Waals surface area contributed by atoms with Gasteiger partial charge in [0.25, 0.3) is 5.56 Å². The monoisotopic (exact) mass is 359 g/mol. The van der Waals surface area contributed by atoms with Crippen molar-refractivity contribution in [2.45, 2.75) is 46.5 Å². The zero-order valence-electron chi connectivity index (χ0n) is 16.2. The van der Waals surface area contributed by atoms with Gasteiger partial charge in [0.1, 0.15) is 12.4 Å². The molecule has 0 saturated heterocycles. The number of pyridine rings is 1. The Morgan fingerprint density at radius 3 is 2.62 bits per heavy atom. The maximum Gasteiger partial charge on any atom is 0.297 e. The minimum absolute atomic E-state index is 0.111. The van der Waals surface area contributed by atoms with Crippen molar-refractivity contribution in [2.75, 3.05) is 13.2 Å².